The van der Waals surface area contributed by atoms with E-state index in [4.69, 9.17) is 9.47 Å². The molecule has 0 bridgehead atoms. The van der Waals surface area contributed by atoms with E-state index < -0.39 is 0 Å². The van der Waals surface area contributed by atoms with Crippen molar-refractivity contribution in [2.75, 3.05) is 25.6 Å². The Bertz CT molecular complexity index is 405. The maximum absolute atomic E-state index is 5.56. The fourth-order valence-electron chi connectivity index (χ4n) is 2.01. The van der Waals surface area contributed by atoms with Crippen LogP contribution in [0.5, 0.6) is 5.88 Å². The molecule has 0 atom stereocenters. The van der Waals surface area contributed by atoms with E-state index >= 15 is 0 Å². The van der Waals surface area contributed by atoms with Crippen molar-refractivity contribution in [1.29, 1.82) is 0 Å². The molecule has 0 spiro atoms. The minimum atomic E-state index is 0.124. The predicted molar refractivity (Wildman–Crippen MR) is 74.4 cm³/mol. The van der Waals surface area contributed by atoms with E-state index in [0.717, 1.165) is 19.6 Å². The minimum absolute atomic E-state index is 0.124. The molecule has 1 aliphatic carbocycles. The first-order chi connectivity index (χ1) is 9.13. The number of aromatic nitrogens is 2. The van der Waals surface area contributed by atoms with E-state index in [1.54, 1.807) is 19.4 Å². The summed E-state index contributed by atoms with van der Waals surface area (Å²) in [5, 5.41) is 3.31. The van der Waals surface area contributed by atoms with Crippen LogP contribution in [0.3, 0.4) is 0 Å². The molecule has 2 rings (SSSR count). The van der Waals surface area contributed by atoms with Gasteiger partial charge >= 0.3 is 0 Å². The Morgan fingerprint density at radius 3 is 2.84 bits per heavy atom. The van der Waals surface area contributed by atoms with E-state index in [2.05, 4.69) is 15.3 Å². The molecule has 1 N–H and O–H groups in total. The number of anilines is 1. The van der Waals surface area contributed by atoms with Gasteiger partial charge in [0.1, 0.15) is 0 Å². The molecule has 1 aromatic heterocycles. The highest BCUT2D eigenvalue weighted by atomic mass is 16.5. The van der Waals surface area contributed by atoms with Crippen molar-refractivity contribution >= 4 is 5.95 Å². The molecule has 5 nitrogen and oxygen atoms in total. The maximum Gasteiger partial charge on any atom is 0.225 e. The van der Waals surface area contributed by atoms with Crippen molar-refractivity contribution in [2.24, 2.45) is 5.41 Å². The zero-order chi connectivity index (χ0) is 13.7. The summed E-state index contributed by atoms with van der Waals surface area (Å²) in [6.45, 7) is 5.69. The first-order valence-corrected chi connectivity index (χ1v) is 6.86. The lowest BCUT2D eigenvalue weighted by Crippen LogP contribution is -2.18. The summed E-state index contributed by atoms with van der Waals surface area (Å²) in [5.41, 5.74) is 0.383. The van der Waals surface area contributed by atoms with E-state index in [-0.39, 0.29) is 6.10 Å². The van der Waals surface area contributed by atoms with Crippen molar-refractivity contribution in [1.82, 2.24) is 9.97 Å². The van der Waals surface area contributed by atoms with Crippen LogP contribution in [0.15, 0.2) is 12.3 Å². The zero-order valence-corrected chi connectivity index (χ0v) is 12.0. The van der Waals surface area contributed by atoms with Crippen molar-refractivity contribution in [3.63, 3.8) is 0 Å². The largest absolute Gasteiger partial charge is 0.475 e. The molecule has 0 amide bonds. The fourth-order valence-corrected chi connectivity index (χ4v) is 2.01. The van der Waals surface area contributed by atoms with Crippen molar-refractivity contribution in [3.8, 4) is 5.88 Å². The third kappa shape index (κ3) is 4.35. The van der Waals surface area contributed by atoms with Crippen LogP contribution in [-0.4, -0.2) is 36.3 Å². The summed E-state index contributed by atoms with van der Waals surface area (Å²) in [5.74, 6) is 1.26. The Labute approximate surface area is 114 Å². The Morgan fingerprint density at radius 2 is 2.21 bits per heavy atom. The Balaban J connectivity index is 1.85. The van der Waals surface area contributed by atoms with Crippen molar-refractivity contribution < 1.29 is 9.47 Å². The van der Waals surface area contributed by atoms with Crippen LogP contribution >= 0.6 is 0 Å². The average molecular weight is 265 g/mol. The quantitative estimate of drug-likeness (QED) is 0.782. The lowest BCUT2D eigenvalue weighted by Gasteiger charge is -2.16. The predicted octanol–water partition coefficient (Wildman–Crippen LogP) is 2.49. The number of hydrogen-bond acceptors (Lipinski definition) is 5. The smallest absolute Gasteiger partial charge is 0.225 e. The third-order valence-electron chi connectivity index (χ3n) is 3.40. The average Bonchev–Trinajstić information content (AvgIpc) is 3.14. The maximum atomic E-state index is 5.56. The van der Waals surface area contributed by atoms with Gasteiger partial charge in [-0.25, -0.2) is 4.98 Å². The lowest BCUT2D eigenvalue weighted by atomic mass is 10.0. The molecule has 0 radical (unpaired) electrons. The molecule has 1 saturated carbocycles. The van der Waals surface area contributed by atoms with Crippen molar-refractivity contribution in [3.05, 3.63) is 12.3 Å². The summed E-state index contributed by atoms with van der Waals surface area (Å²) in [4.78, 5) is 8.57. The highest BCUT2D eigenvalue weighted by molar-refractivity contribution is 5.28. The molecule has 1 aliphatic rings. The van der Waals surface area contributed by atoms with Gasteiger partial charge < -0.3 is 14.8 Å². The van der Waals surface area contributed by atoms with Gasteiger partial charge in [-0.2, -0.15) is 4.98 Å². The molecule has 0 unspecified atom stereocenters. The summed E-state index contributed by atoms with van der Waals surface area (Å²) >= 11 is 0. The molecule has 0 aromatic carbocycles. The van der Waals surface area contributed by atoms with E-state index in [1.165, 1.54) is 12.8 Å². The van der Waals surface area contributed by atoms with Gasteiger partial charge in [0.15, 0.2) is 0 Å². The van der Waals surface area contributed by atoms with Gasteiger partial charge in [-0.15, -0.1) is 0 Å². The summed E-state index contributed by atoms with van der Waals surface area (Å²) in [6, 6.07) is 1.78. The SMILES string of the molecule is COCCC1(CNc2nccc(OC(C)C)n2)CC1. The number of rotatable bonds is 8. The van der Waals surface area contributed by atoms with Gasteiger partial charge in [-0.1, -0.05) is 0 Å². The summed E-state index contributed by atoms with van der Waals surface area (Å²) in [7, 11) is 1.75. The molecule has 106 valence electrons. The highest BCUT2D eigenvalue weighted by Gasteiger charge is 2.41. The zero-order valence-electron chi connectivity index (χ0n) is 12.0. The molecule has 1 fully saturated rings. The van der Waals surface area contributed by atoms with Crippen LogP contribution in [0.1, 0.15) is 33.1 Å². The Kier molecular flexibility index (Phi) is 4.58. The van der Waals surface area contributed by atoms with Gasteiger partial charge in [-0.05, 0) is 38.5 Å². The second-order valence-corrected chi connectivity index (χ2v) is 5.48. The fraction of sp³-hybridized carbons (Fsp3) is 0.714. The van der Waals surface area contributed by atoms with Crippen LogP contribution < -0.4 is 10.1 Å². The molecule has 5 heteroatoms. The van der Waals surface area contributed by atoms with E-state index in [0.29, 0.717) is 17.2 Å². The number of nitrogens with one attached hydrogen (secondary N) is 1. The number of hydrogen-bond donors (Lipinski definition) is 1. The van der Waals surface area contributed by atoms with E-state index in [1.807, 2.05) is 13.8 Å². The van der Waals surface area contributed by atoms with Crippen LogP contribution in [0, 0.1) is 5.41 Å². The van der Waals surface area contributed by atoms with Crippen molar-refractivity contribution in [2.45, 2.75) is 39.2 Å². The molecule has 1 aromatic rings. The summed E-state index contributed by atoms with van der Waals surface area (Å²) in [6.07, 6.45) is 5.46. The molecule has 1 heterocycles. The summed E-state index contributed by atoms with van der Waals surface area (Å²) < 4.78 is 10.7. The second-order valence-electron chi connectivity index (χ2n) is 5.48. The molecule has 19 heavy (non-hydrogen) atoms. The van der Waals surface area contributed by atoms with Gasteiger partial charge in [0.25, 0.3) is 0 Å². The molecule has 0 saturated heterocycles. The standard InChI is InChI=1S/C14H23N3O2/c1-11(2)19-12-4-8-15-13(17-12)16-10-14(5-6-14)7-9-18-3/h4,8,11H,5-7,9-10H2,1-3H3,(H,15,16,17). The Hall–Kier alpha value is -1.36. The number of nitrogens with zero attached hydrogens (tertiary/aromatic N) is 2. The van der Waals surface area contributed by atoms with Crippen LogP contribution in [0.2, 0.25) is 0 Å². The second kappa shape index (κ2) is 6.19. The third-order valence-corrected chi connectivity index (χ3v) is 3.40. The minimum Gasteiger partial charge on any atom is -0.475 e. The Morgan fingerprint density at radius 1 is 1.42 bits per heavy atom. The first kappa shape index (κ1) is 14.1. The van der Waals surface area contributed by atoms with Crippen LogP contribution in [0.4, 0.5) is 5.95 Å². The molecule has 0 aliphatic heterocycles. The first-order valence-electron chi connectivity index (χ1n) is 6.86. The highest BCUT2D eigenvalue weighted by Crippen LogP contribution is 2.48. The van der Waals surface area contributed by atoms with E-state index in [9.17, 15) is 0 Å². The van der Waals surface area contributed by atoms with Gasteiger partial charge in [-0.3, -0.25) is 0 Å². The van der Waals surface area contributed by atoms with Gasteiger partial charge in [0.05, 0.1) is 6.10 Å². The molecular weight excluding hydrogens is 242 g/mol. The monoisotopic (exact) mass is 265 g/mol. The van der Waals surface area contributed by atoms with Crippen LogP contribution in [-0.2, 0) is 4.74 Å². The number of methoxy groups -OCH3 is 1. The number of ether oxygens (including phenoxy) is 2. The lowest BCUT2D eigenvalue weighted by molar-refractivity contribution is 0.174. The normalized spacial score (nSPS) is 16.4. The van der Waals surface area contributed by atoms with Gasteiger partial charge in [0, 0.05) is 32.5 Å². The topological polar surface area (TPSA) is 56.3 Å². The van der Waals surface area contributed by atoms with Gasteiger partial charge in [0.2, 0.25) is 11.8 Å². The van der Waals surface area contributed by atoms with Crippen LogP contribution in [0.25, 0.3) is 0 Å². The molecular formula is C14H23N3O2.